The molecule has 0 saturated heterocycles. The Kier molecular flexibility index (Phi) is 8.69. The molecule has 0 aliphatic carbocycles. The minimum Gasteiger partial charge on any atom is -0.310 e. The van der Waals surface area contributed by atoms with Crippen LogP contribution < -0.4 is 9.80 Å². The van der Waals surface area contributed by atoms with Crippen molar-refractivity contribution < 1.29 is 0 Å². The third kappa shape index (κ3) is 6.21. The summed E-state index contributed by atoms with van der Waals surface area (Å²) in [6, 6.07) is 63.4. The zero-order valence-electron chi connectivity index (χ0n) is 25.0. The molecule has 2 nitrogen and oxygen atoms in total. The Hall–Kier alpha value is -5.09. The molecule has 7 rings (SSSR count). The summed E-state index contributed by atoms with van der Waals surface area (Å²) in [6.45, 7) is 0. The molecule has 0 heterocycles. The monoisotopic (exact) mass is 676 g/mol. The van der Waals surface area contributed by atoms with Crippen molar-refractivity contribution in [2.24, 2.45) is 0 Å². The van der Waals surface area contributed by atoms with E-state index in [1.165, 1.54) is 0 Å². The van der Waals surface area contributed by atoms with Crippen molar-refractivity contribution >= 4 is 61.7 Å². The molecule has 0 amide bonds. The smallest absolute Gasteiger partial charge is 0.0540 e. The third-order valence-corrected chi connectivity index (χ3v) is 8.67. The highest BCUT2D eigenvalue weighted by molar-refractivity contribution is 9.10. The molecule has 4 heteroatoms. The fraction of sp³-hybridized carbons (Fsp3) is 0. The van der Waals surface area contributed by atoms with E-state index < -0.39 is 0 Å². The Morgan fingerprint density at radius 3 is 1.28 bits per heavy atom. The maximum atomic E-state index is 6.61. The van der Waals surface area contributed by atoms with E-state index in [0.717, 1.165) is 60.9 Å². The molecular formula is C42H30BrClN2. The molecule has 0 N–H and O–H groups in total. The lowest BCUT2D eigenvalue weighted by Gasteiger charge is -2.31. The Morgan fingerprint density at radius 1 is 0.370 bits per heavy atom. The zero-order valence-corrected chi connectivity index (χ0v) is 27.3. The van der Waals surface area contributed by atoms with E-state index in [4.69, 9.17) is 11.6 Å². The van der Waals surface area contributed by atoms with E-state index in [1.807, 2.05) is 24.3 Å². The molecule has 0 saturated carbocycles. The summed E-state index contributed by atoms with van der Waals surface area (Å²) in [5, 5.41) is 0.684. The third-order valence-electron chi connectivity index (χ3n) is 7.94. The van der Waals surface area contributed by atoms with Gasteiger partial charge in [-0.05, 0) is 77.9 Å². The fourth-order valence-electron chi connectivity index (χ4n) is 5.92. The molecule has 0 unspecified atom stereocenters. The Balaban J connectivity index is 1.45. The number of nitrogens with zero attached hydrogens (tertiary/aromatic N) is 2. The van der Waals surface area contributed by atoms with E-state index in [2.05, 4.69) is 183 Å². The Bertz CT molecular complexity index is 1950. The van der Waals surface area contributed by atoms with Crippen LogP contribution in [-0.4, -0.2) is 0 Å². The molecule has 0 spiro atoms. The standard InChI is InChI=1S/C42H30BrClN2/c43-33-18-11-20-35(28-33)45(41-26-9-7-24-39(41)31-14-3-1-4-15-31)37-22-13-23-38(30-37)46(36-21-12-19-34(44)29-36)42-27-10-8-25-40(42)32-16-5-2-6-17-32/h1-30H. The van der Waals surface area contributed by atoms with Crippen molar-refractivity contribution in [3.8, 4) is 22.3 Å². The summed E-state index contributed by atoms with van der Waals surface area (Å²) in [6.07, 6.45) is 0. The molecule has 0 radical (unpaired) electrons. The van der Waals surface area contributed by atoms with Gasteiger partial charge in [-0.2, -0.15) is 0 Å². The SMILES string of the molecule is Clc1cccc(N(c2cccc(N(c3cccc(Br)c3)c3ccccc3-c3ccccc3)c2)c2ccccc2-c2ccccc2)c1. The van der Waals surface area contributed by atoms with Crippen LogP contribution in [0.1, 0.15) is 0 Å². The molecule has 0 atom stereocenters. The molecule has 0 aromatic heterocycles. The van der Waals surface area contributed by atoms with Crippen molar-refractivity contribution in [1.29, 1.82) is 0 Å². The van der Waals surface area contributed by atoms with Gasteiger partial charge >= 0.3 is 0 Å². The lowest BCUT2D eigenvalue weighted by molar-refractivity contribution is 1.25. The second kappa shape index (κ2) is 13.5. The van der Waals surface area contributed by atoms with Crippen molar-refractivity contribution in [2.75, 3.05) is 9.80 Å². The van der Waals surface area contributed by atoms with Gasteiger partial charge in [0.2, 0.25) is 0 Å². The number of hydrogen-bond acceptors (Lipinski definition) is 2. The molecule has 46 heavy (non-hydrogen) atoms. The second-order valence-corrected chi connectivity index (χ2v) is 12.3. The van der Waals surface area contributed by atoms with Crippen LogP contribution in [0.15, 0.2) is 186 Å². The number of para-hydroxylation sites is 2. The van der Waals surface area contributed by atoms with Crippen molar-refractivity contribution in [3.63, 3.8) is 0 Å². The van der Waals surface area contributed by atoms with Crippen LogP contribution in [0.4, 0.5) is 34.1 Å². The number of anilines is 6. The number of benzene rings is 7. The van der Waals surface area contributed by atoms with E-state index in [-0.39, 0.29) is 0 Å². The molecule has 0 fully saturated rings. The maximum absolute atomic E-state index is 6.61. The van der Waals surface area contributed by atoms with Gasteiger partial charge in [-0.3, -0.25) is 0 Å². The van der Waals surface area contributed by atoms with E-state index >= 15 is 0 Å². The van der Waals surface area contributed by atoms with Gasteiger partial charge in [0, 0.05) is 43.4 Å². The van der Waals surface area contributed by atoms with Crippen molar-refractivity contribution in [2.45, 2.75) is 0 Å². The van der Waals surface area contributed by atoms with Crippen molar-refractivity contribution in [3.05, 3.63) is 191 Å². The van der Waals surface area contributed by atoms with E-state index in [1.54, 1.807) is 0 Å². The number of halogens is 2. The van der Waals surface area contributed by atoms with Gasteiger partial charge in [0.25, 0.3) is 0 Å². The molecule has 7 aromatic rings. The number of rotatable bonds is 8. The van der Waals surface area contributed by atoms with Crippen molar-refractivity contribution in [1.82, 2.24) is 0 Å². The lowest BCUT2D eigenvalue weighted by atomic mass is 10.0. The normalized spacial score (nSPS) is 10.8. The minimum atomic E-state index is 0.684. The Morgan fingerprint density at radius 2 is 0.783 bits per heavy atom. The summed E-state index contributed by atoms with van der Waals surface area (Å²) in [7, 11) is 0. The number of hydrogen-bond donors (Lipinski definition) is 0. The van der Waals surface area contributed by atoms with Crippen LogP contribution in [-0.2, 0) is 0 Å². The Labute approximate surface area is 283 Å². The second-order valence-electron chi connectivity index (χ2n) is 10.9. The van der Waals surface area contributed by atoms with Crippen LogP contribution in [0.3, 0.4) is 0 Å². The average Bonchev–Trinajstić information content (AvgIpc) is 3.10. The maximum Gasteiger partial charge on any atom is 0.0540 e. The molecule has 7 aromatic carbocycles. The summed E-state index contributed by atoms with van der Waals surface area (Å²) < 4.78 is 1.01. The van der Waals surface area contributed by atoms with Gasteiger partial charge < -0.3 is 9.80 Å². The van der Waals surface area contributed by atoms with Crippen LogP contribution >= 0.6 is 27.5 Å². The molecular weight excluding hydrogens is 648 g/mol. The fourth-order valence-corrected chi connectivity index (χ4v) is 6.49. The largest absolute Gasteiger partial charge is 0.310 e. The molecule has 222 valence electrons. The predicted molar refractivity (Wildman–Crippen MR) is 199 cm³/mol. The van der Waals surface area contributed by atoms with Gasteiger partial charge in [0.05, 0.1) is 11.4 Å². The van der Waals surface area contributed by atoms with Gasteiger partial charge in [-0.1, -0.05) is 143 Å². The van der Waals surface area contributed by atoms with Gasteiger partial charge in [-0.25, -0.2) is 0 Å². The van der Waals surface area contributed by atoms with Gasteiger partial charge in [0.1, 0.15) is 0 Å². The van der Waals surface area contributed by atoms with Crippen LogP contribution in [0.5, 0.6) is 0 Å². The van der Waals surface area contributed by atoms with Gasteiger partial charge in [-0.15, -0.1) is 0 Å². The van der Waals surface area contributed by atoms with Gasteiger partial charge in [0.15, 0.2) is 0 Å². The first-order valence-corrected chi connectivity index (χ1v) is 16.3. The average molecular weight is 678 g/mol. The van der Waals surface area contributed by atoms with Crippen LogP contribution in [0.2, 0.25) is 5.02 Å². The lowest BCUT2D eigenvalue weighted by Crippen LogP contribution is -2.14. The highest BCUT2D eigenvalue weighted by Gasteiger charge is 2.21. The van der Waals surface area contributed by atoms with Crippen LogP contribution in [0.25, 0.3) is 22.3 Å². The first-order chi connectivity index (χ1) is 22.7. The molecule has 0 aliphatic heterocycles. The summed E-state index contributed by atoms with van der Waals surface area (Å²) in [5.74, 6) is 0. The molecule has 0 aliphatic rings. The molecule has 0 bridgehead atoms. The first kappa shape index (κ1) is 29.6. The highest BCUT2D eigenvalue weighted by Crippen LogP contribution is 2.45. The summed E-state index contributed by atoms with van der Waals surface area (Å²) in [4.78, 5) is 4.62. The first-order valence-electron chi connectivity index (χ1n) is 15.2. The highest BCUT2D eigenvalue weighted by atomic mass is 79.9. The summed E-state index contributed by atoms with van der Waals surface area (Å²) >= 11 is 10.3. The zero-order chi connectivity index (χ0) is 31.3. The van der Waals surface area contributed by atoms with Crippen LogP contribution in [0, 0.1) is 0 Å². The summed E-state index contributed by atoms with van der Waals surface area (Å²) in [5.41, 5.74) is 10.8. The minimum absolute atomic E-state index is 0.684. The quantitative estimate of drug-likeness (QED) is 0.158. The van der Waals surface area contributed by atoms with E-state index in [0.29, 0.717) is 5.02 Å². The topological polar surface area (TPSA) is 6.48 Å². The van der Waals surface area contributed by atoms with E-state index in [9.17, 15) is 0 Å². The predicted octanol–water partition coefficient (Wildman–Crippen LogP) is 13.4.